The van der Waals surface area contributed by atoms with E-state index in [-0.39, 0.29) is 6.10 Å². The van der Waals surface area contributed by atoms with Crippen molar-refractivity contribution in [2.75, 3.05) is 13.2 Å². The molecule has 3 N–H and O–H groups in total. The van der Waals surface area contributed by atoms with Gasteiger partial charge in [-0.1, -0.05) is 77.7 Å². The van der Waals surface area contributed by atoms with E-state index in [0.717, 1.165) is 48.3 Å². The van der Waals surface area contributed by atoms with E-state index in [1.165, 1.54) is 57.8 Å². The van der Waals surface area contributed by atoms with Crippen LogP contribution in [-0.2, 0) is 15.1 Å². The fourth-order valence-electron chi connectivity index (χ4n) is 8.90. The van der Waals surface area contributed by atoms with Gasteiger partial charge in [0.1, 0.15) is 0 Å². The standard InChI is InChI=1S/C27H46O.C6H10O.H2O4S/c1-18(2)7-6-8-19(3)23-11-12-24-22-10-9-20-17-21(28)13-15-26(20,4)25(22)14-16-27(23,24)5;1-3-5-7-6-4-2;1-5(2,3)4/h9,18-19,21-25,28H,6-8,10-17H2,1-5H3;3-4H,1-2,5-6H2;(H2,1,2,3,4)/t19?,21-,22-,23+,24-,25-,26-,27+;;/m0../s1. The predicted molar refractivity (Wildman–Crippen MR) is 164 cm³/mol. The highest BCUT2D eigenvalue weighted by Gasteiger charge is 2.59. The van der Waals surface area contributed by atoms with Gasteiger partial charge in [0.15, 0.2) is 0 Å². The van der Waals surface area contributed by atoms with E-state index >= 15 is 0 Å². The van der Waals surface area contributed by atoms with E-state index in [0.29, 0.717) is 24.0 Å². The second-order valence-electron chi connectivity index (χ2n) is 13.7. The van der Waals surface area contributed by atoms with Crippen molar-refractivity contribution >= 4 is 10.4 Å². The van der Waals surface area contributed by atoms with Crippen molar-refractivity contribution in [3.8, 4) is 0 Å². The van der Waals surface area contributed by atoms with E-state index in [1.54, 1.807) is 17.7 Å². The van der Waals surface area contributed by atoms with Crippen molar-refractivity contribution in [2.45, 2.75) is 111 Å². The minimum atomic E-state index is -4.67. The molecule has 0 saturated heterocycles. The zero-order chi connectivity index (χ0) is 30.1. The molecule has 3 saturated carbocycles. The molecule has 4 aliphatic rings. The van der Waals surface area contributed by atoms with Gasteiger partial charge < -0.3 is 9.84 Å². The van der Waals surface area contributed by atoms with Crippen LogP contribution in [0.3, 0.4) is 0 Å². The molecular formula is C33H58O6S. The molecule has 0 aromatic carbocycles. The number of fused-ring (bicyclic) bond motifs is 5. The zero-order valence-corrected chi connectivity index (χ0v) is 26.7. The smallest absolute Gasteiger partial charge is 0.393 e. The van der Waals surface area contributed by atoms with Gasteiger partial charge in [0.25, 0.3) is 0 Å². The van der Waals surface area contributed by atoms with Crippen LogP contribution in [0.2, 0.25) is 0 Å². The van der Waals surface area contributed by atoms with E-state index in [4.69, 9.17) is 22.3 Å². The Hall–Kier alpha value is -0.990. The fraction of sp³-hybridized carbons (Fsp3) is 0.818. The summed E-state index contributed by atoms with van der Waals surface area (Å²) in [6.07, 6.45) is 20.6. The first kappa shape index (κ1) is 35.2. The second kappa shape index (κ2) is 15.5. The van der Waals surface area contributed by atoms with Crippen LogP contribution in [0.25, 0.3) is 0 Å². The summed E-state index contributed by atoms with van der Waals surface area (Å²) < 4.78 is 36.5. The van der Waals surface area contributed by atoms with Crippen LogP contribution in [0.4, 0.5) is 0 Å². The zero-order valence-electron chi connectivity index (χ0n) is 25.9. The molecular weight excluding hydrogens is 524 g/mol. The van der Waals surface area contributed by atoms with Gasteiger partial charge >= 0.3 is 10.4 Å². The maximum absolute atomic E-state index is 10.2. The maximum Gasteiger partial charge on any atom is 0.394 e. The van der Waals surface area contributed by atoms with Gasteiger partial charge in [0.2, 0.25) is 0 Å². The number of hydrogen-bond donors (Lipinski definition) is 3. The molecule has 4 rings (SSSR count). The molecule has 0 aromatic heterocycles. The maximum atomic E-state index is 10.2. The molecule has 1 unspecified atom stereocenters. The van der Waals surface area contributed by atoms with Crippen molar-refractivity contribution in [3.63, 3.8) is 0 Å². The lowest BCUT2D eigenvalue weighted by Gasteiger charge is -2.58. The third kappa shape index (κ3) is 9.52. The average molecular weight is 583 g/mol. The van der Waals surface area contributed by atoms with E-state index < -0.39 is 10.4 Å². The molecule has 40 heavy (non-hydrogen) atoms. The van der Waals surface area contributed by atoms with Crippen LogP contribution < -0.4 is 0 Å². The van der Waals surface area contributed by atoms with E-state index in [9.17, 15) is 5.11 Å². The van der Waals surface area contributed by atoms with Crippen LogP contribution in [0.5, 0.6) is 0 Å². The topological polar surface area (TPSA) is 104 Å². The summed E-state index contributed by atoms with van der Waals surface area (Å²) in [6.45, 7) is 20.7. The monoisotopic (exact) mass is 582 g/mol. The van der Waals surface area contributed by atoms with Crippen molar-refractivity contribution < 1.29 is 27.4 Å². The highest BCUT2D eigenvalue weighted by atomic mass is 32.3. The summed E-state index contributed by atoms with van der Waals surface area (Å²) in [5.41, 5.74) is 2.60. The molecule has 3 fully saturated rings. The van der Waals surface area contributed by atoms with Gasteiger partial charge in [-0.3, -0.25) is 9.11 Å². The minimum Gasteiger partial charge on any atom is -0.393 e. The van der Waals surface area contributed by atoms with Crippen molar-refractivity contribution in [1.29, 1.82) is 0 Å². The van der Waals surface area contributed by atoms with Gasteiger partial charge in [-0.15, -0.1) is 13.2 Å². The highest BCUT2D eigenvalue weighted by molar-refractivity contribution is 7.79. The van der Waals surface area contributed by atoms with Crippen LogP contribution in [-0.4, -0.2) is 41.9 Å². The number of aliphatic hydroxyl groups excluding tert-OH is 1. The second-order valence-corrected chi connectivity index (χ2v) is 14.6. The number of ether oxygens (including phenoxy) is 1. The van der Waals surface area contributed by atoms with Crippen molar-refractivity contribution in [3.05, 3.63) is 37.0 Å². The molecule has 8 atom stereocenters. The fourth-order valence-corrected chi connectivity index (χ4v) is 8.90. The lowest BCUT2D eigenvalue weighted by Crippen LogP contribution is -2.50. The largest absolute Gasteiger partial charge is 0.394 e. The number of hydrogen-bond acceptors (Lipinski definition) is 4. The van der Waals surface area contributed by atoms with Gasteiger partial charge in [-0.2, -0.15) is 8.42 Å². The molecule has 0 aliphatic heterocycles. The number of aliphatic hydroxyl groups is 1. The summed E-state index contributed by atoms with van der Waals surface area (Å²) in [5.74, 6) is 5.46. The normalized spacial score (nSPS) is 35.4. The molecule has 0 radical (unpaired) electrons. The Morgan fingerprint density at radius 2 is 1.62 bits per heavy atom. The van der Waals surface area contributed by atoms with Crippen molar-refractivity contribution in [1.82, 2.24) is 0 Å². The quantitative estimate of drug-likeness (QED) is 0.144. The Bertz CT molecular complexity index is 927. The molecule has 0 heterocycles. The van der Waals surface area contributed by atoms with Crippen LogP contribution in [0, 0.1) is 46.3 Å². The Balaban J connectivity index is 0.000000394. The van der Waals surface area contributed by atoms with Crippen LogP contribution >= 0.6 is 0 Å². The van der Waals surface area contributed by atoms with Gasteiger partial charge in [-0.05, 0) is 97.7 Å². The molecule has 7 heteroatoms. The molecule has 232 valence electrons. The molecule has 4 aliphatic carbocycles. The summed E-state index contributed by atoms with van der Waals surface area (Å²) in [7, 11) is -4.67. The van der Waals surface area contributed by atoms with E-state index in [1.807, 2.05) is 0 Å². The molecule has 0 spiro atoms. The number of allylic oxidation sites excluding steroid dienone is 1. The summed E-state index contributed by atoms with van der Waals surface area (Å²) in [6, 6.07) is 0. The lowest BCUT2D eigenvalue weighted by molar-refractivity contribution is -0.0573. The summed E-state index contributed by atoms with van der Waals surface area (Å²) in [4.78, 5) is 0. The molecule has 0 bridgehead atoms. The van der Waals surface area contributed by atoms with Gasteiger partial charge in [-0.25, -0.2) is 0 Å². The lowest BCUT2D eigenvalue weighted by atomic mass is 9.47. The molecule has 6 nitrogen and oxygen atoms in total. The Morgan fingerprint density at radius 3 is 2.20 bits per heavy atom. The van der Waals surface area contributed by atoms with Crippen LogP contribution in [0.15, 0.2) is 37.0 Å². The third-order valence-electron chi connectivity index (χ3n) is 10.8. The predicted octanol–water partition coefficient (Wildman–Crippen LogP) is 8.11. The van der Waals surface area contributed by atoms with Crippen molar-refractivity contribution in [2.24, 2.45) is 46.3 Å². The Morgan fingerprint density at radius 1 is 1.00 bits per heavy atom. The van der Waals surface area contributed by atoms with E-state index in [2.05, 4.69) is 53.9 Å². The first-order chi connectivity index (χ1) is 18.7. The summed E-state index contributed by atoms with van der Waals surface area (Å²) >= 11 is 0. The first-order valence-corrected chi connectivity index (χ1v) is 16.9. The third-order valence-corrected chi connectivity index (χ3v) is 10.8. The molecule has 0 aromatic rings. The Labute approximate surface area is 245 Å². The van der Waals surface area contributed by atoms with Gasteiger partial charge in [0, 0.05) is 0 Å². The van der Waals surface area contributed by atoms with Gasteiger partial charge in [0.05, 0.1) is 19.3 Å². The SMILES string of the molecule is C=CCOCC=C.CC(C)CCCC(C)[C@H]1CC[C@H]2[C@@H]3CC=C4C[C@@H](O)CC[C@]4(C)[C@H]3CC[C@]12C.O=S(=O)(O)O. The van der Waals surface area contributed by atoms with Crippen LogP contribution in [0.1, 0.15) is 105 Å². The Kier molecular flexibility index (Phi) is 13.6. The average Bonchev–Trinajstić information content (AvgIpc) is 3.21. The first-order valence-electron chi connectivity index (χ1n) is 15.5. The molecule has 0 amide bonds. The highest BCUT2D eigenvalue weighted by Crippen LogP contribution is 2.67. The summed E-state index contributed by atoms with van der Waals surface area (Å²) in [5, 5.41) is 10.2. The number of rotatable bonds is 9. The minimum absolute atomic E-state index is 0.0766.